The van der Waals surface area contributed by atoms with Crippen LogP contribution in [-0.4, -0.2) is 90.5 Å². The second-order valence-corrected chi connectivity index (χ2v) is 23.1. The van der Waals surface area contributed by atoms with Crippen LogP contribution >= 0.6 is 0 Å². The Hall–Kier alpha value is -2.35. The Morgan fingerprint density at radius 2 is 1.11 bits per heavy atom. The lowest BCUT2D eigenvalue weighted by atomic mass is 9.93. The van der Waals surface area contributed by atoms with E-state index in [-0.39, 0.29) is 12.2 Å². The lowest BCUT2D eigenvalue weighted by Crippen LogP contribution is -2.62. The second kappa shape index (κ2) is 18.8. The Kier molecular flexibility index (Phi) is 16.3. The highest BCUT2D eigenvalue weighted by atomic mass is 28.5. The van der Waals surface area contributed by atoms with Gasteiger partial charge in [-0.15, -0.1) is 0 Å². The van der Waals surface area contributed by atoms with E-state index in [1.54, 1.807) is 0 Å². The van der Waals surface area contributed by atoms with Crippen LogP contribution in [0.25, 0.3) is 5.57 Å². The number of rotatable bonds is 21. The molecule has 2 rings (SSSR count). The summed E-state index contributed by atoms with van der Waals surface area (Å²) >= 11 is 0. The number of hydrogen-bond acceptors (Lipinski definition) is 12. The monoisotopic (exact) mass is 709 g/mol. The summed E-state index contributed by atoms with van der Waals surface area (Å²) in [6.07, 6.45) is 1.93. The normalized spacial score (nSPS) is 13.5. The van der Waals surface area contributed by atoms with Gasteiger partial charge in [0.2, 0.25) is 0 Å². The molecular weight excluding hydrogens is 663 g/mol. The van der Waals surface area contributed by atoms with Gasteiger partial charge in [-0.1, -0.05) is 73.5 Å². The van der Waals surface area contributed by atoms with E-state index in [0.717, 1.165) is 11.1 Å². The first-order valence-corrected chi connectivity index (χ1v) is 23.4. The van der Waals surface area contributed by atoms with Gasteiger partial charge in [0.15, 0.2) is 0 Å². The first kappa shape index (κ1) is 39.8. The first-order chi connectivity index (χ1) is 21.9. The summed E-state index contributed by atoms with van der Waals surface area (Å²) < 4.78 is 57.9. The lowest BCUT2D eigenvalue weighted by Gasteiger charge is -2.40. The van der Waals surface area contributed by atoms with Crippen molar-refractivity contribution in [3.8, 4) is 6.07 Å². The number of carbonyl (C=O) groups is 1. The van der Waals surface area contributed by atoms with Crippen LogP contribution in [0.4, 0.5) is 0 Å². The SMILES string of the molecule is CO[Si](OC)(OC)O[Si](C)(C)O[Si](C)(CCCCCOC(=O)C(C#N)=C(c1ccccc1)c1ccccc1)O[Si](OC)(OC)OC. The van der Waals surface area contributed by atoms with Gasteiger partial charge in [-0.25, -0.2) is 4.79 Å². The molecule has 0 saturated heterocycles. The van der Waals surface area contributed by atoms with Crippen LogP contribution in [0, 0.1) is 11.3 Å². The van der Waals surface area contributed by atoms with Crippen molar-refractivity contribution in [2.75, 3.05) is 49.3 Å². The molecular formula is C30H47NO11Si4. The molecule has 16 heteroatoms. The van der Waals surface area contributed by atoms with Crippen molar-refractivity contribution in [2.24, 2.45) is 0 Å². The Morgan fingerprint density at radius 3 is 1.54 bits per heavy atom. The highest BCUT2D eigenvalue weighted by molar-refractivity contribution is 6.85. The number of hydrogen-bond donors (Lipinski definition) is 0. The molecule has 0 aromatic heterocycles. The van der Waals surface area contributed by atoms with Crippen molar-refractivity contribution in [3.63, 3.8) is 0 Å². The molecule has 0 heterocycles. The number of nitrogens with zero attached hydrogens (tertiary/aromatic N) is 1. The van der Waals surface area contributed by atoms with E-state index in [2.05, 4.69) is 6.07 Å². The van der Waals surface area contributed by atoms with Crippen LogP contribution in [0.2, 0.25) is 25.7 Å². The Bertz CT molecular complexity index is 1230. The highest BCUT2D eigenvalue weighted by Crippen LogP contribution is 2.30. The van der Waals surface area contributed by atoms with E-state index in [9.17, 15) is 10.1 Å². The zero-order chi connectivity index (χ0) is 34.3. The summed E-state index contributed by atoms with van der Waals surface area (Å²) in [5.74, 6) is -0.667. The van der Waals surface area contributed by atoms with Crippen molar-refractivity contribution >= 4 is 46.8 Å². The molecule has 1 atom stereocenters. The van der Waals surface area contributed by atoms with Crippen LogP contribution in [-0.2, 0) is 48.4 Å². The van der Waals surface area contributed by atoms with Crippen LogP contribution in [0.15, 0.2) is 66.2 Å². The van der Waals surface area contributed by atoms with Crippen LogP contribution in [0.1, 0.15) is 30.4 Å². The van der Waals surface area contributed by atoms with E-state index in [1.165, 1.54) is 42.7 Å². The number of unbranched alkanes of at least 4 members (excludes halogenated alkanes) is 2. The zero-order valence-electron chi connectivity index (χ0n) is 28.2. The van der Waals surface area contributed by atoms with Gasteiger partial charge in [0, 0.05) is 48.2 Å². The summed E-state index contributed by atoms with van der Waals surface area (Å²) in [5, 5.41) is 10.00. The van der Waals surface area contributed by atoms with Gasteiger partial charge in [0.05, 0.1) is 6.61 Å². The fourth-order valence-corrected chi connectivity index (χ4v) is 19.3. The largest absolute Gasteiger partial charge is 0.669 e. The maximum atomic E-state index is 13.1. The van der Waals surface area contributed by atoms with Crippen molar-refractivity contribution < 1.29 is 48.4 Å². The predicted octanol–water partition coefficient (Wildman–Crippen LogP) is 5.30. The number of carbonyl (C=O) groups excluding carboxylic acids is 1. The summed E-state index contributed by atoms with van der Waals surface area (Å²) in [7, 11) is -4.21. The van der Waals surface area contributed by atoms with E-state index in [4.69, 9.17) is 43.6 Å². The van der Waals surface area contributed by atoms with Crippen LogP contribution in [0.3, 0.4) is 0 Å². The number of esters is 1. The van der Waals surface area contributed by atoms with Gasteiger partial charge in [-0.2, -0.15) is 5.26 Å². The minimum absolute atomic E-state index is 0.0471. The lowest BCUT2D eigenvalue weighted by molar-refractivity contribution is -0.138. The van der Waals surface area contributed by atoms with Gasteiger partial charge in [-0.3, -0.25) is 0 Å². The van der Waals surface area contributed by atoms with Crippen molar-refractivity contribution in [2.45, 2.75) is 44.9 Å². The third-order valence-electron chi connectivity index (χ3n) is 6.87. The smallest absolute Gasteiger partial charge is 0.462 e. The van der Waals surface area contributed by atoms with Gasteiger partial charge >= 0.3 is 41.2 Å². The quantitative estimate of drug-likeness (QED) is 0.0548. The zero-order valence-corrected chi connectivity index (χ0v) is 32.2. The maximum Gasteiger partial charge on any atom is 0.669 e. The molecule has 0 spiro atoms. The van der Waals surface area contributed by atoms with Crippen molar-refractivity contribution in [1.29, 1.82) is 5.26 Å². The molecule has 2 aromatic carbocycles. The Balaban J connectivity index is 2.13. The minimum Gasteiger partial charge on any atom is -0.462 e. The van der Waals surface area contributed by atoms with E-state index < -0.39 is 41.2 Å². The molecule has 2 aromatic rings. The predicted molar refractivity (Wildman–Crippen MR) is 180 cm³/mol. The third-order valence-corrected chi connectivity index (χ3v) is 20.5. The summed E-state index contributed by atoms with van der Waals surface area (Å²) in [5.41, 5.74) is 2.00. The number of ether oxygens (including phenoxy) is 1. The minimum atomic E-state index is -3.49. The van der Waals surface area contributed by atoms with Crippen LogP contribution in [0.5, 0.6) is 0 Å². The fourth-order valence-electron chi connectivity index (χ4n) is 4.81. The first-order valence-electron chi connectivity index (χ1n) is 14.7. The molecule has 12 nitrogen and oxygen atoms in total. The molecule has 0 N–H and O–H groups in total. The molecule has 0 bridgehead atoms. The van der Waals surface area contributed by atoms with E-state index >= 15 is 0 Å². The molecule has 254 valence electrons. The average Bonchev–Trinajstić information content (AvgIpc) is 3.07. The number of nitriles is 1. The van der Waals surface area contributed by atoms with Gasteiger partial charge in [0.25, 0.3) is 0 Å². The molecule has 0 amide bonds. The molecule has 0 aliphatic heterocycles. The maximum absolute atomic E-state index is 13.1. The van der Waals surface area contributed by atoms with Gasteiger partial charge in [-0.05, 0) is 43.2 Å². The highest BCUT2D eigenvalue weighted by Gasteiger charge is 2.55. The Labute approximate surface area is 277 Å². The molecule has 0 saturated carbocycles. The summed E-state index contributed by atoms with van der Waals surface area (Å²) in [6.45, 7) is 5.75. The Morgan fingerprint density at radius 1 is 0.652 bits per heavy atom. The molecule has 0 aliphatic rings. The topological polar surface area (TPSA) is 133 Å². The standard InChI is InChI=1S/C30H47NO11Si4/c1-33-45(34-2,35-3)41-43(7,8)40-44(9,42-46(36-4,37-5)38-6)24-18-12-17-23-39-30(32)28(25-31)29(26-19-13-10-14-20-26)27-21-15-11-16-22-27/h10-11,13-16,19-22H,12,17-18,23-24H2,1-9H3. The van der Waals surface area contributed by atoms with Gasteiger partial charge < -0.3 is 43.6 Å². The molecule has 0 fully saturated rings. The number of benzene rings is 2. The molecule has 0 aliphatic carbocycles. The van der Waals surface area contributed by atoms with Crippen molar-refractivity contribution in [3.05, 3.63) is 77.4 Å². The van der Waals surface area contributed by atoms with Crippen molar-refractivity contribution in [1.82, 2.24) is 0 Å². The third kappa shape index (κ3) is 11.4. The second-order valence-electron chi connectivity index (χ2n) is 10.6. The average molecular weight is 710 g/mol. The van der Waals surface area contributed by atoms with Gasteiger partial charge in [0.1, 0.15) is 11.6 Å². The van der Waals surface area contributed by atoms with Crippen LogP contribution < -0.4 is 0 Å². The summed E-state index contributed by atoms with van der Waals surface area (Å²) in [6, 6.07) is 21.3. The summed E-state index contributed by atoms with van der Waals surface area (Å²) in [4.78, 5) is 13.1. The molecule has 1 unspecified atom stereocenters. The van der Waals surface area contributed by atoms with E-state index in [1.807, 2.05) is 80.3 Å². The molecule has 0 radical (unpaired) electrons. The molecule has 46 heavy (non-hydrogen) atoms. The van der Waals surface area contributed by atoms with E-state index in [0.29, 0.717) is 30.9 Å². The fraction of sp³-hybridized carbons (Fsp3) is 0.467.